The van der Waals surface area contributed by atoms with Crippen molar-refractivity contribution in [3.63, 3.8) is 0 Å². The number of anilines is 1. The normalized spacial score (nSPS) is 16.3. The van der Waals surface area contributed by atoms with Gasteiger partial charge in [0.25, 0.3) is 0 Å². The summed E-state index contributed by atoms with van der Waals surface area (Å²) in [5.74, 6) is 1.06. The molecule has 1 saturated carbocycles. The van der Waals surface area contributed by atoms with E-state index in [0.717, 1.165) is 17.9 Å². The van der Waals surface area contributed by atoms with Crippen LogP contribution in [-0.4, -0.2) is 11.0 Å². The molecule has 100 valence electrons. The highest BCUT2D eigenvalue weighted by Crippen LogP contribution is 2.33. The number of nitrogens with two attached hydrogens (primary N) is 1. The number of hydrogen-bond donors (Lipinski definition) is 1. The van der Waals surface area contributed by atoms with Crippen LogP contribution in [0, 0.1) is 0 Å². The van der Waals surface area contributed by atoms with E-state index in [9.17, 15) is 0 Å². The van der Waals surface area contributed by atoms with E-state index in [4.69, 9.17) is 5.73 Å². The molecule has 0 spiro atoms. The molecule has 2 N–H and O–H groups in total. The van der Waals surface area contributed by atoms with Gasteiger partial charge in [0.15, 0.2) is 0 Å². The Bertz CT molecular complexity index is 532. The van der Waals surface area contributed by atoms with Crippen molar-refractivity contribution in [3.8, 4) is 0 Å². The summed E-state index contributed by atoms with van der Waals surface area (Å²) in [7, 11) is 0. The van der Waals surface area contributed by atoms with Gasteiger partial charge >= 0.3 is 0 Å². The van der Waals surface area contributed by atoms with Gasteiger partial charge in [-0.15, -0.1) is 11.3 Å². The molecular formula is C15H19N3S. The summed E-state index contributed by atoms with van der Waals surface area (Å²) in [6, 6.07) is 9.15. The average Bonchev–Trinajstić information content (AvgIpc) is 3.13. The van der Waals surface area contributed by atoms with E-state index in [2.05, 4.69) is 33.5 Å². The Morgan fingerprint density at radius 3 is 2.95 bits per heavy atom. The van der Waals surface area contributed by atoms with Crippen molar-refractivity contribution in [2.24, 2.45) is 5.73 Å². The lowest BCUT2D eigenvalue weighted by molar-refractivity contribution is 0.773. The predicted octanol–water partition coefficient (Wildman–Crippen LogP) is 3.33. The van der Waals surface area contributed by atoms with Gasteiger partial charge in [0.05, 0.1) is 6.54 Å². The van der Waals surface area contributed by atoms with Crippen LogP contribution in [0.5, 0.6) is 0 Å². The van der Waals surface area contributed by atoms with Crippen molar-refractivity contribution in [3.05, 3.63) is 46.3 Å². The Morgan fingerprint density at radius 2 is 2.32 bits per heavy atom. The third kappa shape index (κ3) is 2.96. The molecule has 1 aliphatic rings. The molecule has 1 atom stereocenters. The van der Waals surface area contributed by atoms with Crippen molar-refractivity contribution < 1.29 is 0 Å². The number of rotatable bonds is 5. The lowest BCUT2D eigenvalue weighted by Gasteiger charge is -2.23. The van der Waals surface area contributed by atoms with E-state index in [-0.39, 0.29) is 6.04 Å². The van der Waals surface area contributed by atoms with E-state index in [1.165, 1.54) is 17.7 Å². The van der Waals surface area contributed by atoms with E-state index >= 15 is 0 Å². The van der Waals surface area contributed by atoms with Crippen molar-refractivity contribution in [1.82, 2.24) is 4.98 Å². The second-order valence-electron chi connectivity index (χ2n) is 5.17. The summed E-state index contributed by atoms with van der Waals surface area (Å²) < 4.78 is 0. The maximum absolute atomic E-state index is 5.97. The van der Waals surface area contributed by atoms with E-state index < -0.39 is 0 Å². The molecule has 0 radical (unpaired) electrons. The molecule has 3 rings (SSSR count). The zero-order chi connectivity index (χ0) is 13.2. The number of aromatic nitrogens is 1. The molecule has 2 heterocycles. The number of hydrogen-bond acceptors (Lipinski definition) is 4. The third-order valence-corrected chi connectivity index (χ3v) is 4.34. The fraction of sp³-hybridized carbons (Fsp3) is 0.400. The highest BCUT2D eigenvalue weighted by molar-refractivity contribution is 7.09. The van der Waals surface area contributed by atoms with Crippen LogP contribution in [-0.2, 0) is 6.54 Å². The number of pyridine rings is 1. The van der Waals surface area contributed by atoms with Crippen LogP contribution in [0.4, 0.5) is 5.82 Å². The van der Waals surface area contributed by atoms with Crippen LogP contribution < -0.4 is 10.6 Å². The monoisotopic (exact) mass is 273 g/mol. The molecule has 4 heteroatoms. The molecule has 1 aliphatic carbocycles. The lowest BCUT2D eigenvalue weighted by atomic mass is 10.1. The summed E-state index contributed by atoms with van der Waals surface area (Å²) in [4.78, 5) is 8.34. The third-order valence-electron chi connectivity index (χ3n) is 3.48. The van der Waals surface area contributed by atoms with Gasteiger partial charge in [-0.05, 0) is 48.9 Å². The van der Waals surface area contributed by atoms with E-state index in [1.807, 2.05) is 30.5 Å². The molecule has 2 aromatic heterocycles. The fourth-order valence-electron chi connectivity index (χ4n) is 2.23. The van der Waals surface area contributed by atoms with Gasteiger partial charge in [0, 0.05) is 23.2 Å². The number of nitrogens with zero attached hydrogens (tertiary/aromatic N) is 2. The second kappa shape index (κ2) is 5.31. The Hall–Kier alpha value is -1.39. The molecule has 0 aliphatic heterocycles. The summed E-state index contributed by atoms with van der Waals surface area (Å²) in [5, 5.41) is 2.13. The standard InChI is InChI=1S/C15H19N3S/c1-11(16)12-6-7-17-15(9-12)18(13-4-5-13)10-14-3-2-8-19-14/h2-3,6-9,11,13H,4-5,10,16H2,1H3. The minimum Gasteiger partial charge on any atom is -0.348 e. The first kappa shape index (κ1) is 12.6. The smallest absolute Gasteiger partial charge is 0.129 e. The van der Waals surface area contributed by atoms with Crippen LogP contribution >= 0.6 is 11.3 Å². The maximum atomic E-state index is 5.97. The quantitative estimate of drug-likeness (QED) is 0.908. The van der Waals surface area contributed by atoms with Crippen LogP contribution in [0.1, 0.15) is 36.2 Å². The molecule has 0 saturated heterocycles. The molecule has 0 amide bonds. The Morgan fingerprint density at radius 1 is 1.47 bits per heavy atom. The zero-order valence-corrected chi connectivity index (χ0v) is 11.9. The highest BCUT2D eigenvalue weighted by Gasteiger charge is 2.30. The average molecular weight is 273 g/mol. The molecule has 3 nitrogen and oxygen atoms in total. The van der Waals surface area contributed by atoms with Crippen LogP contribution in [0.3, 0.4) is 0 Å². The molecule has 2 aromatic rings. The summed E-state index contributed by atoms with van der Waals surface area (Å²) >= 11 is 1.81. The van der Waals surface area contributed by atoms with Crippen LogP contribution in [0.15, 0.2) is 35.8 Å². The first-order chi connectivity index (χ1) is 9.24. The molecule has 1 fully saturated rings. The van der Waals surface area contributed by atoms with Gasteiger partial charge in [-0.3, -0.25) is 0 Å². The lowest BCUT2D eigenvalue weighted by Crippen LogP contribution is -2.25. The molecular weight excluding hydrogens is 254 g/mol. The molecule has 0 bridgehead atoms. The molecule has 0 aromatic carbocycles. The first-order valence-electron chi connectivity index (χ1n) is 6.74. The van der Waals surface area contributed by atoms with Gasteiger partial charge in [-0.2, -0.15) is 0 Å². The van der Waals surface area contributed by atoms with E-state index in [1.54, 1.807) is 0 Å². The first-order valence-corrected chi connectivity index (χ1v) is 7.62. The summed E-state index contributed by atoms with van der Waals surface area (Å²) in [6.07, 6.45) is 4.42. The Balaban J connectivity index is 1.85. The minimum absolute atomic E-state index is 0.0598. The SMILES string of the molecule is CC(N)c1ccnc(N(Cc2cccs2)C2CC2)c1. The van der Waals surface area contributed by atoms with Crippen LogP contribution in [0.2, 0.25) is 0 Å². The van der Waals surface area contributed by atoms with Gasteiger partial charge < -0.3 is 10.6 Å². The van der Waals surface area contributed by atoms with Crippen molar-refractivity contribution in [1.29, 1.82) is 0 Å². The predicted molar refractivity (Wildman–Crippen MR) is 80.4 cm³/mol. The highest BCUT2D eigenvalue weighted by atomic mass is 32.1. The van der Waals surface area contributed by atoms with Gasteiger partial charge in [0.1, 0.15) is 5.82 Å². The van der Waals surface area contributed by atoms with Crippen molar-refractivity contribution >= 4 is 17.2 Å². The molecule has 19 heavy (non-hydrogen) atoms. The van der Waals surface area contributed by atoms with E-state index in [0.29, 0.717) is 6.04 Å². The number of thiophene rings is 1. The van der Waals surface area contributed by atoms with Gasteiger partial charge in [0.2, 0.25) is 0 Å². The van der Waals surface area contributed by atoms with Gasteiger partial charge in [-0.1, -0.05) is 6.07 Å². The second-order valence-corrected chi connectivity index (χ2v) is 6.21. The maximum Gasteiger partial charge on any atom is 0.129 e. The fourth-order valence-corrected chi connectivity index (χ4v) is 2.93. The summed E-state index contributed by atoms with van der Waals surface area (Å²) in [5.41, 5.74) is 7.12. The van der Waals surface area contributed by atoms with Crippen LogP contribution in [0.25, 0.3) is 0 Å². The zero-order valence-electron chi connectivity index (χ0n) is 11.1. The van der Waals surface area contributed by atoms with Gasteiger partial charge in [-0.25, -0.2) is 4.98 Å². The summed E-state index contributed by atoms with van der Waals surface area (Å²) in [6.45, 7) is 2.97. The largest absolute Gasteiger partial charge is 0.348 e. The Labute approximate surface area is 118 Å². The van der Waals surface area contributed by atoms with Crippen molar-refractivity contribution in [2.45, 2.75) is 38.4 Å². The Kier molecular flexibility index (Phi) is 3.53. The minimum atomic E-state index is 0.0598. The van der Waals surface area contributed by atoms with Crippen molar-refractivity contribution in [2.75, 3.05) is 4.90 Å². The molecule has 1 unspecified atom stereocenters. The topological polar surface area (TPSA) is 42.1 Å².